The van der Waals surface area contributed by atoms with E-state index in [2.05, 4.69) is 5.32 Å². The lowest BCUT2D eigenvalue weighted by Gasteiger charge is -2.15. The van der Waals surface area contributed by atoms with Crippen molar-refractivity contribution >= 4 is 11.9 Å². The molecule has 124 valence electrons. The third-order valence-electron chi connectivity index (χ3n) is 4.05. The molecule has 24 heavy (non-hydrogen) atoms. The maximum Gasteiger partial charge on any atom is 0.339 e. The zero-order valence-electron chi connectivity index (χ0n) is 13.7. The van der Waals surface area contributed by atoms with Crippen LogP contribution in [0.15, 0.2) is 54.6 Å². The van der Waals surface area contributed by atoms with Crippen molar-refractivity contribution in [1.29, 1.82) is 0 Å². The number of carbonyl (C=O) groups is 2. The molecule has 1 saturated carbocycles. The molecule has 1 atom stereocenters. The van der Waals surface area contributed by atoms with E-state index in [1.54, 1.807) is 19.1 Å². The topological polar surface area (TPSA) is 55.4 Å². The third-order valence-corrected chi connectivity index (χ3v) is 4.05. The maximum atomic E-state index is 12.5. The van der Waals surface area contributed by atoms with Gasteiger partial charge in [0.1, 0.15) is 0 Å². The molecule has 2 aromatic rings. The summed E-state index contributed by atoms with van der Waals surface area (Å²) in [6.45, 7) is 1.61. The highest BCUT2D eigenvalue weighted by atomic mass is 16.5. The second-order valence-electron chi connectivity index (χ2n) is 6.15. The minimum atomic E-state index is -0.789. The van der Waals surface area contributed by atoms with Gasteiger partial charge in [0.15, 0.2) is 6.10 Å². The van der Waals surface area contributed by atoms with Crippen LogP contribution in [-0.2, 0) is 16.0 Å². The van der Waals surface area contributed by atoms with Gasteiger partial charge in [-0.1, -0.05) is 48.5 Å². The van der Waals surface area contributed by atoms with Crippen LogP contribution in [0.2, 0.25) is 0 Å². The Morgan fingerprint density at radius 2 is 1.75 bits per heavy atom. The van der Waals surface area contributed by atoms with Gasteiger partial charge in [-0.25, -0.2) is 4.79 Å². The van der Waals surface area contributed by atoms with Crippen molar-refractivity contribution in [1.82, 2.24) is 5.32 Å². The molecule has 1 N–H and O–H groups in total. The molecular formula is C20H21NO3. The van der Waals surface area contributed by atoms with E-state index in [4.69, 9.17) is 4.74 Å². The fourth-order valence-corrected chi connectivity index (χ4v) is 2.51. The van der Waals surface area contributed by atoms with Gasteiger partial charge in [0.05, 0.1) is 5.56 Å². The molecule has 0 bridgehead atoms. The molecule has 3 rings (SSSR count). The minimum absolute atomic E-state index is 0.230. The number of amides is 1. The van der Waals surface area contributed by atoms with E-state index < -0.39 is 12.1 Å². The zero-order valence-corrected chi connectivity index (χ0v) is 13.7. The van der Waals surface area contributed by atoms with Crippen molar-refractivity contribution in [3.05, 3.63) is 71.3 Å². The molecule has 0 aromatic heterocycles. The van der Waals surface area contributed by atoms with Crippen LogP contribution < -0.4 is 5.32 Å². The molecule has 1 aliphatic carbocycles. The molecule has 1 unspecified atom stereocenters. The number of hydrogen-bond donors (Lipinski definition) is 1. The van der Waals surface area contributed by atoms with Gasteiger partial charge in [0.25, 0.3) is 5.91 Å². The number of hydrogen-bond acceptors (Lipinski definition) is 3. The summed E-state index contributed by atoms with van der Waals surface area (Å²) in [5, 5.41) is 2.85. The predicted octanol–water partition coefficient (Wildman–Crippen LogP) is 3.10. The van der Waals surface area contributed by atoms with Crippen LogP contribution >= 0.6 is 0 Å². The Kier molecular flexibility index (Phi) is 4.94. The van der Waals surface area contributed by atoms with Crippen molar-refractivity contribution in [3.8, 4) is 0 Å². The number of carbonyl (C=O) groups excluding carboxylic acids is 2. The first kappa shape index (κ1) is 16.2. The van der Waals surface area contributed by atoms with E-state index in [0.29, 0.717) is 12.0 Å². The third kappa shape index (κ3) is 4.22. The van der Waals surface area contributed by atoms with Gasteiger partial charge in [0.2, 0.25) is 0 Å². The summed E-state index contributed by atoms with van der Waals surface area (Å²) in [7, 11) is 0. The highest BCUT2D eigenvalue weighted by molar-refractivity contribution is 5.93. The first-order valence-corrected chi connectivity index (χ1v) is 8.26. The highest BCUT2D eigenvalue weighted by Gasteiger charge is 2.27. The summed E-state index contributed by atoms with van der Waals surface area (Å²) in [5.74, 6) is -0.689. The lowest BCUT2D eigenvalue weighted by atomic mass is 10.00. The summed E-state index contributed by atoms with van der Waals surface area (Å²) in [6, 6.07) is 17.6. The molecule has 0 heterocycles. The number of rotatable bonds is 6. The van der Waals surface area contributed by atoms with Crippen LogP contribution in [0.4, 0.5) is 0 Å². The molecule has 1 aliphatic rings. The monoisotopic (exact) mass is 323 g/mol. The van der Waals surface area contributed by atoms with E-state index in [9.17, 15) is 9.59 Å². The van der Waals surface area contributed by atoms with Gasteiger partial charge in [-0.3, -0.25) is 4.79 Å². The lowest BCUT2D eigenvalue weighted by molar-refractivity contribution is -0.129. The smallest absolute Gasteiger partial charge is 0.339 e. The first-order valence-electron chi connectivity index (χ1n) is 8.26. The van der Waals surface area contributed by atoms with Gasteiger partial charge < -0.3 is 10.1 Å². The van der Waals surface area contributed by atoms with Gasteiger partial charge in [-0.15, -0.1) is 0 Å². The molecule has 1 amide bonds. The summed E-state index contributed by atoms with van der Waals surface area (Å²) >= 11 is 0. The van der Waals surface area contributed by atoms with Gasteiger partial charge in [0, 0.05) is 6.04 Å². The Morgan fingerprint density at radius 3 is 2.46 bits per heavy atom. The van der Waals surface area contributed by atoms with Gasteiger partial charge in [-0.05, 0) is 43.4 Å². The maximum absolute atomic E-state index is 12.5. The molecule has 0 spiro atoms. The van der Waals surface area contributed by atoms with Crippen LogP contribution in [0.1, 0.15) is 41.3 Å². The number of benzene rings is 2. The second kappa shape index (κ2) is 7.30. The average molecular weight is 323 g/mol. The van der Waals surface area contributed by atoms with E-state index in [1.807, 2.05) is 42.5 Å². The predicted molar refractivity (Wildman–Crippen MR) is 91.7 cm³/mol. The highest BCUT2D eigenvalue weighted by Crippen LogP contribution is 2.19. The van der Waals surface area contributed by atoms with E-state index in [-0.39, 0.29) is 11.9 Å². The van der Waals surface area contributed by atoms with Crippen LogP contribution in [0, 0.1) is 0 Å². The van der Waals surface area contributed by atoms with Gasteiger partial charge in [-0.2, -0.15) is 0 Å². The zero-order chi connectivity index (χ0) is 16.9. The molecule has 4 nitrogen and oxygen atoms in total. The fraction of sp³-hybridized carbons (Fsp3) is 0.300. The standard InChI is InChI=1S/C20H21NO3/c1-14(19(22)21-17-11-12-17)24-20(23)18-10-6-5-9-16(18)13-15-7-3-2-4-8-15/h2-10,14,17H,11-13H2,1H3,(H,21,22). The number of esters is 1. The largest absolute Gasteiger partial charge is 0.449 e. The molecule has 0 saturated heterocycles. The lowest BCUT2D eigenvalue weighted by Crippen LogP contribution is -2.37. The first-order chi connectivity index (χ1) is 11.6. The van der Waals surface area contributed by atoms with Crippen LogP contribution in [-0.4, -0.2) is 24.0 Å². The van der Waals surface area contributed by atoms with Crippen molar-refractivity contribution in [2.45, 2.75) is 38.3 Å². The Labute approximate surface area is 141 Å². The van der Waals surface area contributed by atoms with E-state index in [1.165, 1.54) is 0 Å². The Bertz CT molecular complexity index is 723. The van der Waals surface area contributed by atoms with Crippen LogP contribution in [0.25, 0.3) is 0 Å². The normalized spacial score (nSPS) is 14.7. The average Bonchev–Trinajstić information content (AvgIpc) is 3.40. The number of ether oxygens (including phenoxy) is 1. The minimum Gasteiger partial charge on any atom is -0.449 e. The summed E-state index contributed by atoms with van der Waals surface area (Å²) < 4.78 is 5.35. The molecule has 4 heteroatoms. The quantitative estimate of drug-likeness (QED) is 0.831. The SMILES string of the molecule is CC(OC(=O)c1ccccc1Cc1ccccc1)C(=O)NC1CC1. The van der Waals surface area contributed by atoms with Crippen LogP contribution in [0.3, 0.4) is 0 Å². The van der Waals surface area contributed by atoms with Crippen LogP contribution in [0.5, 0.6) is 0 Å². The van der Waals surface area contributed by atoms with Crippen molar-refractivity contribution in [2.75, 3.05) is 0 Å². The second-order valence-corrected chi connectivity index (χ2v) is 6.15. The molecule has 0 radical (unpaired) electrons. The van der Waals surface area contributed by atoms with Crippen molar-refractivity contribution in [2.24, 2.45) is 0 Å². The van der Waals surface area contributed by atoms with E-state index in [0.717, 1.165) is 24.0 Å². The Hall–Kier alpha value is -2.62. The van der Waals surface area contributed by atoms with Gasteiger partial charge >= 0.3 is 5.97 Å². The molecular weight excluding hydrogens is 302 g/mol. The summed E-state index contributed by atoms with van der Waals surface area (Å²) in [4.78, 5) is 24.4. The molecule has 0 aliphatic heterocycles. The summed E-state index contributed by atoms with van der Waals surface area (Å²) in [5.41, 5.74) is 2.52. The van der Waals surface area contributed by atoms with Crippen molar-refractivity contribution in [3.63, 3.8) is 0 Å². The van der Waals surface area contributed by atoms with Crippen molar-refractivity contribution < 1.29 is 14.3 Å². The fourth-order valence-electron chi connectivity index (χ4n) is 2.51. The molecule has 2 aromatic carbocycles. The Balaban J connectivity index is 1.69. The molecule has 1 fully saturated rings. The summed E-state index contributed by atoms with van der Waals surface area (Å²) in [6.07, 6.45) is 1.87. The van der Waals surface area contributed by atoms with E-state index >= 15 is 0 Å². The number of nitrogens with one attached hydrogen (secondary N) is 1. The Morgan fingerprint density at radius 1 is 1.08 bits per heavy atom.